The Hall–Kier alpha value is -0.860. The van der Waals surface area contributed by atoms with Crippen molar-refractivity contribution in [2.75, 3.05) is 13.2 Å². The molecule has 0 saturated heterocycles. The van der Waals surface area contributed by atoms with Crippen LogP contribution in [0.1, 0.15) is 39.5 Å². The summed E-state index contributed by atoms with van der Waals surface area (Å²) in [6.45, 7) is 13.1. The minimum atomic E-state index is -0.783. The molecule has 1 rings (SSSR count). The Morgan fingerprint density at radius 3 is 2.78 bits per heavy atom. The third-order valence-electron chi connectivity index (χ3n) is 3.67. The average molecular weight is 250 g/mol. The average Bonchev–Trinajstić information content (AvgIpc) is 2.34. The van der Waals surface area contributed by atoms with E-state index in [-0.39, 0.29) is 5.92 Å². The number of rotatable bonds is 6. The first-order valence-electron chi connectivity index (χ1n) is 6.74. The molecule has 0 aromatic heterocycles. The summed E-state index contributed by atoms with van der Waals surface area (Å²) in [6.07, 6.45) is 7.70. The van der Waals surface area contributed by atoms with E-state index in [1.54, 1.807) is 6.08 Å². The number of aliphatic hydroxyl groups is 1. The molecule has 0 aromatic carbocycles. The second kappa shape index (κ2) is 6.91. The standard InChI is InChI=1S/C16H26O2/c1-5-16(17)10-7-6-8-15(16)14(4)12-18-11-9-13(2)3/h5,9,15,17H,1,4,6-8,10-12H2,2-3H3. The molecule has 0 amide bonds. The van der Waals surface area contributed by atoms with Gasteiger partial charge >= 0.3 is 0 Å². The van der Waals surface area contributed by atoms with Gasteiger partial charge in [0.05, 0.1) is 18.8 Å². The highest BCUT2D eigenvalue weighted by Crippen LogP contribution is 2.38. The summed E-state index contributed by atoms with van der Waals surface area (Å²) < 4.78 is 5.58. The van der Waals surface area contributed by atoms with Crippen LogP contribution in [0, 0.1) is 5.92 Å². The second-order valence-corrected chi connectivity index (χ2v) is 5.45. The highest BCUT2D eigenvalue weighted by molar-refractivity contribution is 5.16. The summed E-state index contributed by atoms with van der Waals surface area (Å²) in [5.41, 5.74) is 1.45. The second-order valence-electron chi connectivity index (χ2n) is 5.45. The quantitative estimate of drug-likeness (QED) is 0.576. The third kappa shape index (κ3) is 4.11. The molecule has 0 heterocycles. The molecule has 1 aliphatic rings. The number of hydrogen-bond donors (Lipinski definition) is 1. The van der Waals surface area contributed by atoms with Crippen LogP contribution in [0.4, 0.5) is 0 Å². The van der Waals surface area contributed by atoms with Crippen LogP contribution in [0.5, 0.6) is 0 Å². The molecule has 2 nitrogen and oxygen atoms in total. The zero-order valence-electron chi connectivity index (χ0n) is 11.7. The predicted octanol–water partition coefficient (Wildman–Crippen LogP) is 3.63. The van der Waals surface area contributed by atoms with Gasteiger partial charge < -0.3 is 9.84 Å². The molecule has 0 bridgehead atoms. The Bertz CT molecular complexity index is 326. The van der Waals surface area contributed by atoms with E-state index in [9.17, 15) is 5.11 Å². The summed E-state index contributed by atoms with van der Waals surface area (Å²) in [5.74, 6) is 0.0930. The van der Waals surface area contributed by atoms with E-state index >= 15 is 0 Å². The normalized spacial score (nSPS) is 27.6. The monoisotopic (exact) mass is 250 g/mol. The van der Waals surface area contributed by atoms with Gasteiger partial charge in [-0.15, -0.1) is 6.58 Å². The summed E-state index contributed by atoms with van der Waals surface area (Å²) in [4.78, 5) is 0. The van der Waals surface area contributed by atoms with Crippen molar-refractivity contribution < 1.29 is 9.84 Å². The molecular formula is C16H26O2. The molecule has 2 unspecified atom stereocenters. The van der Waals surface area contributed by atoms with Crippen molar-refractivity contribution in [2.45, 2.75) is 45.1 Å². The van der Waals surface area contributed by atoms with Gasteiger partial charge in [0.2, 0.25) is 0 Å². The molecule has 0 radical (unpaired) electrons. The number of hydrogen-bond acceptors (Lipinski definition) is 2. The van der Waals surface area contributed by atoms with Crippen LogP contribution in [0.2, 0.25) is 0 Å². The highest BCUT2D eigenvalue weighted by Gasteiger charge is 2.37. The van der Waals surface area contributed by atoms with Crippen molar-refractivity contribution in [1.29, 1.82) is 0 Å². The van der Waals surface area contributed by atoms with E-state index in [1.807, 2.05) is 6.08 Å². The van der Waals surface area contributed by atoms with E-state index in [4.69, 9.17) is 4.74 Å². The zero-order valence-corrected chi connectivity index (χ0v) is 11.7. The van der Waals surface area contributed by atoms with Gasteiger partial charge in [-0.3, -0.25) is 0 Å². The summed E-state index contributed by atoms with van der Waals surface area (Å²) in [5, 5.41) is 10.5. The Morgan fingerprint density at radius 1 is 1.44 bits per heavy atom. The molecule has 2 atom stereocenters. The topological polar surface area (TPSA) is 29.5 Å². The van der Waals surface area contributed by atoms with E-state index < -0.39 is 5.60 Å². The molecule has 0 aromatic rings. The predicted molar refractivity (Wildman–Crippen MR) is 76.5 cm³/mol. The molecule has 1 N–H and O–H groups in total. The van der Waals surface area contributed by atoms with Crippen molar-refractivity contribution in [2.24, 2.45) is 5.92 Å². The van der Waals surface area contributed by atoms with E-state index in [1.165, 1.54) is 5.57 Å². The van der Waals surface area contributed by atoms with Crippen molar-refractivity contribution in [3.8, 4) is 0 Å². The van der Waals surface area contributed by atoms with E-state index in [0.29, 0.717) is 13.2 Å². The molecule has 1 saturated carbocycles. The van der Waals surface area contributed by atoms with Gasteiger partial charge in [-0.05, 0) is 32.3 Å². The maximum atomic E-state index is 10.5. The summed E-state index contributed by atoms with van der Waals surface area (Å²) in [6, 6.07) is 0. The first-order valence-corrected chi connectivity index (χ1v) is 6.74. The van der Waals surface area contributed by atoms with Gasteiger partial charge in [-0.1, -0.05) is 37.1 Å². The SMILES string of the molecule is C=CC1(O)CCCCC1C(=C)COCC=C(C)C. The van der Waals surface area contributed by atoms with Crippen molar-refractivity contribution in [3.05, 3.63) is 36.5 Å². The maximum Gasteiger partial charge on any atom is 0.0890 e. The summed E-state index contributed by atoms with van der Waals surface area (Å²) in [7, 11) is 0. The molecule has 1 aliphatic carbocycles. The van der Waals surface area contributed by atoms with Crippen molar-refractivity contribution in [1.82, 2.24) is 0 Å². The lowest BCUT2D eigenvalue weighted by Crippen LogP contribution is -2.40. The lowest BCUT2D eigenvalue weighted by atomic mass is 9.72. The minimum absolute atomic E-state index is 0.0930. The van der Waals surface area contributed by atoms with E-state index in [2.05, 4.69) is 27.0 Å². The Morgan fingerprint density at radius 2 is 2.17 bits per heavy atom. The van der Waals surface area contributed by atoms with Gasteiger partial charge in [-0.25, -0.2) is 0 Å². The molecule has 2 heteroatoms. The molecule has 0 spiro atoms. The highest BCUT2D eigenvalue weighted by atomic mass is 16.5. The molecular weight excluding hydrogens is 224 g/mol. The summed E-state index contributed by atoms with van der Waals surface area (Å²) >= 11 is 0. The van der Waals surface area contributed by atoms with Crippen LogP contribution in [0.3, 0.4) is 0 Å². The molecule has 0 aliphatic heterocycles. The van der Waals surface area contributed by atoms with Crippen LogP contribution in [-0.2, 0) is 4.74 Å². The molecule has 18 heavy (non-hydrogen) atoms. The Balaban J connectivity index is 2.49. The fraction of sp³-hybridized carbons (Fsp3) is 0.625. The molecule has 1 fully saturated rings. The smallest absolute Gasteiger partial charge is 0.0890 e. The van der Waals surface area contributed by atoms with Gasteiger partial charge in [0, 0.05) is 5.92 Å². The first-order chi connectivity index (χ1) is 8.49. The van der Waals surface area contributed by atoms with Crippen LogP contribution in [0.15, 0.2) is 36.5 Å². The van der Waals surface area contributed by atoms with E-state index in [0.717, 1.165) is 31.3 Å². The largest absolute Gasteiger partial charge is 0.385 e. The lowest BCUT2D eigenvalue weighted by molar-refractivity contribution is 0.00524. The molecule has 102 valence electrons. The van der Waals surface area contributed by atoms with Gasteiger partial charge in [0.1, 0.15) is 0 Å². The van der Waals surface area contributed by atoms with Crippen molar-refractivity contribution >= 4 is 0 Å². The van der Waals surface area contributed by atoms with Crippen LogP contribution < -0.4 is 0 Å². The van der Waals surface area contributed by atoms with Crippen LogP contribution in [0.25, 0.3) is 0 Å². The Kier molecular flexibility index (Phi) is 5.83. The maximum absolute atomic E-state index is 10.5. The lowest BCUT2D eigenvalue weighted by Gasteiger charge is -2.38. The van der Waals surface area contributed by atoms with Gasteiger partial charge in [0.15, 0.2) is 0 Å². The van der Waals surface area contributed by atoms with Gasteiger partial charge in [-0.2, -0.15) is 0 Å². The van der Waals surface area contributed by atoms with Crippen molar-refractivity contribution in [3.63, 3.8) is 0 Å². The Labute approximate surface area is 111 Å². The fourth-order valence-corrected chi connectivity index (χ4v) is 2.50. The fourth-order valence-electron chi connectivity index (χ4n) is 2.50. The number of ether oxygens (including phenoxy) is 1. The first kappa shape index (κ1) is 15.2. The number of allylic oxidation sites excluding steroid dienone is 1. The van der Waals surface area contributed by atoms with Crippen LogP contribution >= 0.6 is 0 Å². The van der Waals surface area contributed by atoms with Crippen LogP contribution in [-0.4, -0.2) is 23.9 Å². The zero-order chi connectivity index (χ0) is 13.6. The minimum Gasteiger partial charge on any atom is -0.385 e. The third-order valence-corrected chi connectivity index (χ3v) is 3.67. The van der Waals surface area contributed by atoms with Gasteiger partial charge in [0.25, 0.3) is 0 Å².